The van der Waals surface area contributed by atoms with Gasteiger partial charge >= 0.3 is 17.9 Å². The molecule has 1 aromatic heterocycles. The van der Waals surface area contributed by atoms with Crippen LogP contribution < -0.4 is 16.0 Å². The number of esters is 3. The van der Waals surface area contributed by atoms with E-state index < -0.39 is 23.9 Å². The zero-order chi connectivity index (χ0) is 28.6. The molecule has 13 heteroatoms. The van der Waals surface area contributed by atoms with Crippen molar-refractivity contribution >= 4 is 52.0 Å². The predicted molar refractivity (Wildman–Crippen MR) is 146 cm³/mol. The molecule has 0 radical (unpaired) electrons. The quantitative estimate of drug-likeness (QED) is 0.110. The standard InChI is InChI=1S/C26H36ClN5O7/c1-4-37-23(34)17-32(14-13-31-24(25(35)38-5-2)26(36)39-6-3)16-22(33)30-12-11-29-20-9-10-28-21-15-18(27)7-8-19(20)21/h7-10,15,24,31H,4-6,11-14,16-17H2,1-3H3,(H,28,29)(H,30,33). The summed E-state index contributed by atoms with van der Waals surface area (Å²) in [5.41, 5.74) is 1.62. The third-order valence-corrected chi connectivity index (χ3v) is 5.55. The number of benzene rings is 1. The second-order valence-electron chi connectivity index (χ2n) is 8.20. The van der Waals surface area contributed by atoms with Crippen molar-refractivity contribution < 1.29 is 33.4 Å². The van der Waals surface area contributed by atoms with Gasteiger partial charge in [-0.05, 0) is 45.0 Å². The predicted octanol–water partition coefficient (Wildman–Crippen LogP) is 1.37. The molecule has 0 saturated heterocycles. The zero-order valence-corrected chi connectivity index (χ0v) is 23.2. The topological polar surface area (TPSA) is 148 Å². The number of amides is 1. The number of carbonyl (C=O) groups excluding carboxylic acids is 4. The highest BCUT2D eigenvalue weighted by molar-refractivity contribution is 6.31. The highest BCUT2D eigenvalue weighted by Crippen LogP contribution is 2.24. The molecule has 3 N–H and O–H groups in total. The van der Waals surface area contributed by atoms with Crippen LogP contribution in [0.15, 0.2) is 30.5 Å². The number of rotatable bonds is 17. The maximum atomic E-state index is 12.6. The van der Waals surface area contributed by atoms with Crippen molar-refractivity contribution in [3.05, 3.63) is 35.5 Å². The van der Waals surface area contributed by atoms with E-state index in [1.165, 1.54) is 0 Å². The van der Waals surface area contributed by atoms with Gasteiger partial charge in [0.1, 0.15) is 0 Å². The van der Waals surface area contributed by atoms with Gasteiger partial charge < -0.3 is 24.8 Å². The Balaban J connectivity index is 1.89. The van der Waals surface area contributed by atoms with Crippen LogP contribution >= 0.6 is 11.6 Å². The number of fused-ring (bicyclic) bond motifs is 1. The lowest BCUT2D eigenvalue weighted by molar-refractivity contribution is -0.158. The molecular formula is C26H36ClN5O7. The minimum absolute atomic E-state index is 0.0966. The maximum Gasteiger partial charge on any atom is 0.334 e. The van der Waals surface area contributed by atoms with Gasteiger partial charge in [-0.25, -0.2) is 9.59 Å². The largest absolute Gasteiger partial charge is 0.465 e. The fraction of sp³-hybridized carbons (Fsp3) is 0.500. The molecular weight excluding hydrogens is 530 g/mol. The summed E-state index contributed by atoms with van der Waals surface area (Å²) in [7, 11) is 0. The molecule has 0 atom stereocenters. The summed E-state index contributed by atoms with van der Waals surface area (Å²) in [6, 6.07) is 5.97. The first-order chi connectivity index (χ1) is 18.8. The molecule has 1 heterocycles. The lowest BCUT2D eigenvalue weighted by Crippen LogP contribution is -2.49. The molecule has 0 aliphatic rings. The lowest BCUT2D eigenvalue weighted by Gasteiger charge is -2.22. The van der Waals surface area contributed by atoms with Crippen LogP contribution in [0.2, 0.25) is 5.02 Å². The van der Waals surface area contributed by atoms with E-state index in [9.17, 15) is 19.2 Å². The Morgan fingerprint density at radius 3 is 2.28 bits per heavy atom. The minimum atomic E-state index is -1.31. The third kappa shape index (κ3) is 11.0. The van der Waals surface area contributed by atoms with Crippen molar-refractivity contribution in [1.82, 2.24) is 20.5 Å². The Kier molecular flexibility index (Phi) is 14.0. The van der Waals surface area contributed by atoms with Crippen LogP contribution in [0.4, 0.5) is 5.69 Å². The molecule has 0 saturated carbocycles. The molecule has 1 amide bonds. The zero-order valence-electron chi connectivity index (χ0n) is 22.5. The van der Waals surface area contributed by atoms with Crippen molar-refractivity contribution in [2.45, 2.75) is 26.8 Å². The van der Waals surface area contributed by atoms with Gasteiger partial charge in [0.15, 0.2) is 0 Å². The average molecular weight is 566 g/mol. The van der Waals surface area contributed by atoms with Gasteiger partial charge in [0, 0.05) is 48.5 Å². The van der Waals surface area contributed by atoms with E-state index in [4.69, 9.17) is 25.8 Å². The molecule has 0 unspecified atom stereocenters. The fourth-order valence-electron chi connectivity index (χ4n) is 3.62. The average Bonchev–Trinajstić information content (AvgIpc) is 2.89. The number of nitrogens with zero attached hydrogens (tertiary/aromatic N) is 2. The van der Waals surface area contributed by atoms with Crippen LogP contribution in [0, 0.1) is 0 Å². The summed E-state index contributed by atoms with van der Waals surface area (Å²) in [6.07, 6.45) is 1.68. The maximum absolute atomic E-state index is 12.6. The highest BCUT2D eigenvalue weighted by Gasteiger charge is 2.29. The van der Waals surface area contributed by atoms with E-state index in [1.807, 2.05) is 12.1 Å². The molecule has 0 aliphatic heterocycles. The van der Waals surface area contributed by atoms with E-state index >= 15 is 0 Å². The van der Waals surface area contributed by atoms with Crippen molar-refractivity contribution in [1.29, 1.82) is 0 Å². The minimum Gasteiger partial charge on any atom is -0.465 e. The van der Waals surface area contributed by atoms with Gasteiger partial charge in [0.05, 0.1) is 38.4 Å². The van der Waals surface area contributed by atoms with Crippen LogP contribution in [0.25, 0.3) is 10.9 Å². The monoisotopic (exact) mass is 565 g/mol. The van der Waals surface area contributed by atoms with Crippen LogP contribution in [0.5, 0.6) is 0 Å². The van der Waals surface area contributed by atoms with Gasteiger partial charge in [0.25, 0.3) is 0 Å². The Labute approximate surface area is 232 Å². The summed E-state index contributed by atoms with van der Waals surface area (Å²) in [6.45, 7) is 6.18. The van der Waals surface area contributed by atoms with Crippen molar-refractivity contribution in [2.24, 2.45) is 0 Å². The number of nitrogens with one attached hydrogen (secondary N) is 3. The number of carbonyl (C=O) groups is 4. The number of hydrogen-bond acceptors (Lipinski definition) is 11. The third-order valence-electron chi connectivity index (χ3n) is 5.31. The molecule has 0 bridgehead atoms. The molecule has 12 nitrogen and oxygen atoms in total. The lowest BCUT2D eigenvalue weighted by atomic mass is 10.2. The molecule has 2 rings (SSSR count). The molecule has 2 aromatic rings. The number of anilines is 1. The second-order valence-corrected chi connectivity index (χ2v) is 8.64. The first-order valence-electron chi connectivity index (χ1n) is 12.8. The number of ether oxygens (including phenoxy) is 3. The first-order valence-corrected chi connectivity index (χ1v) is 13.2. The van der Waals surface area contributed by atoms with E-state index in [-0.39, 0.29) is 51.9 Å². The van der Waals surface area contributed by atoms with Gasteiger partial charge in [-0.15, -0.1) is 0 Å². The molecule has 39 heavy (non-hydrogen) atoms. The molecule has 0 fully saturated rings. The Morgan fingerprint density at radius 1 is 0.923 bits per heavy atom. The highest BCUT2D eigenvalue weighted by atomic mass is 35.5. The second kappa shape index (κ2) is 17.2. The number of pyridine rings is 1. The Bertz CT molecular complexity index is 1100. The molecule has 1 aromatic carbocycles. The van der Waals surface area contributed by atoms with Crippen LogP contribution in [-0.4, -0.2) is 98.8 Å². The van der Waals surface area contributed by atoms with E-state index in [1.54, 1.807) is 44.0 Å². The summed E-state index contributed by atoms with van der Waals surface area (Å²) in [5, 5.41) is 10.4. The normalized spacial score (nSPS) is 10.9. The van der Waals surface area contributed by atoms with Gasteiger partial charge in [-0.1, -0.05) is 11.6 Å². The SMILES string of the molecule is CCOC(=O)CN(CCNC(C(=O)OCC)C(=O)OCC)CC(=O)NCCNc1ccnc2cc(Cl)ccc12. The first kappa shape index (κ1) is 31.7. The Hall–Kier alpha value is -3.48. The summed E-state index contributed by atoms with van der Waals surface area (Å²) in [4.78, 5) is 54.9. The molecule has 0 aliphatic carbocycles. The fourth-order valence-corrected chi connectivity index (χ4v) is 3.78. The van der Waals surface area contributed by atoms with Crippen molar-refractivity contribution in [2.75, 3.05) is 64.4 Å². The van der Waals surface area contributed by atoms with Crippen LogP contribution in [0.1, 0.15) is 20.8 Å². The van der Waals surface area contributed by atoms with E-state index in [0.717, 1.165) is 16.6 Å². The van der Waals surface area contributed by atoms with Gasteiger partial charge in [-0.3, -0.25) is 24.8 Å². The molecule has 0 spiro atoms. The van der Waals surface area contributed by atoms with Crippen molar-refractivity contribution in [3.63, 3.8) is 0 Å². The van der Waals surface area contributed by atoms with Crippen molar-refractivity contribution in [3.8, 4) is 0 Å². The smallest absolute Gasteiger partial charge is 0.334 e. The van der Waals surface area contributed by atoms with Crippen LogP contribution in [-0.2, 0) is 33.4 Å². The number of halogens is 1. The van der Waals surface area contributed by atoms with E-state index in [2.05, 4.69) is 20.9 Å². The summed E-state index contributed by atoms with van der Waals surface area (Å²) in [5.74, 6) is -2.32. The van der Waals surface area contributed by atoms with E-state index in [0.29, 0.717) is 18.1 Å². The summed E-state index contributed by atoms with van der Waals surface area (Å²) >= 11 is 6.04. The number of aromatic nitrogens is 1. The summed E-state index contributed by atoms with van der Waals surface area (Å²) < 4.78 is 14.9. The van der Waals surface area contributed by atoms with Gasteiger partial charge in [0.2, 0.25) is 11.9 Å². The Morgan fingerprint density at radius 2 is 1.62 bits per heavy atom. The van der Waals surface area contributed by atoms with Crippen LogP contribution in [0.3, 0.4) is 0 Å². The number of hydrogen-bond donors (Lipinski definition) is 3. The molecule has 214 valence electrons. The van der Waals surface area contributed by atoms with Gasteiger partial charge in [-0.2, -0.15) is 0 Å².